The van der Waals surface area contributed by atoms with E-state index in [0.717, 1.165) is 39.2 Å². The number of rotatable bonds is 3. The zero-order valence-corrected chi connectivity index (χ0v) is 13.1. The third kappa shape index (κ3) is 2.79. The van der Waals surface area contributed by atoms with Gasteiger partial charge in [-0.05, 0) is 48.7 Å². The van der Waals surface area contributed by atoms with E-state index in [2.05, 4.69) is 31.3 Å². The summed E-state index contributed by atoms with van der Waals surface area (Å²) in [5, 5.41) is 5.34. The van der Waals surface area contributed by atoms with Gasteiger partial charge in [0.05, 0.1) is 17.6 Å². The maximum absolute atomic E-state index is 4.60. The molecule has 0 spiro atoms. The molecule has 0 bridgehead atoms. The second-order valence-corrected chi connectivity index (χ2v) is 5.50. The SMILES string of the molecule is Cc1cc(-c2cc3ccnc(Nc4cccnc4)c3cn2)ccn1. The number of fused-ring (bicyclic) bond motifs is 1. The van der Waals surface area contributed by atoms with Crippen molar-refractivity contribution in [2.45, 2.75) is 6.92 Å². The molecule has 0 aliphatic rings. The van der Waals surface area contributed by atoms with Gasteiger partial charge >= 0.3 is 0 Å². The third-order valence-electron chi connectivity index (χ3n) is 3.77. The van der Waals surface area contributed by atoms with Crippen LogP contribution in [0.2, 0.25) is 0 Å². The van der Waals surface area contributed by atoms with Crippen molar-refractivity contribution in [1.82, 2.24) is 19.9 Å². The van der Waals surface area contributed by atoms with Gasteiger partial charge in [-0.2, -0.15) is 0 Å². The van der Waals surface area contributed by atoms with Crippen molar-refractivity contribution in [1.29, 1.82) is 0 Å². The third-order valence-corrected chi connectivity index (χ3v) is 3.77. The number of pyridine rings is 4. The summed E-state index contributed by atoms with van der Waals surface area (Å²) in [7, 11) is 0. The predicted molar refractivity (Wildman–Crippen MR) is 95.0 cm³/mol. The zero-order chi connectivity index (χ0) is 16.4. The number of anilines is 2. The van der Waals surface area contributed by atoms with E-state index in [9.17, 15) is 0 Å². The second kappa shape index (κ2) is 6.04. The van der Waals surface area contributed by atoms with Crippen LogP contribution < -0.4 is 5.32 Å². The van der Waals surface area contributed by atoms with E-state index in [1.165, 1.54) is 0 Å². The molecule has 0 radical (unpaired) electrons. The number of nitrogens with zero attached hydrogens (tertiary/aromatic N) is 4. The Balaban J connectivity index is 1.76. The van der Waals surface area contributed by atoms with Gasteiger partial charge in [-0.15, -0.1) is 0 Å². The van der Waals surface area contributed by atoms with Gasteiger partial charge in [0.15, 0.2) is 0 Å². The molecule has 0 saturated heterocycles. The molecule has 0 fully saturated rings. The lowest BCUT2D eigenvalue weighted by atomic mass is 10.1. The highest BCUT2D eigenvalue weighted by Gasteiger charge is 2.07. The molecule has 4 heterocycles. The molecular formula is C19H15N5. The minimum absolute atomic E-state index is 0.769. The Kier molecular flexibility index (Phi) is 3.59. The molecule has 0 amide bonds. The highest BCUT2D eigenvalue weighted by molar-refractivity contribution is 5.94. The highest BCUT2D eigenvalue weighted by atomic mass is 15.0. The Morgan fingerprint density at radius 1 is 0.875 bits per heavy atom. The normalized spacial score (nSPS) is 10.7. The first-order chi connectivity index (χ1) is 11.8. The number of hydrogen-bond donors (Lipinski definition) is 1. The van der Waals surface area contributed by atoms with E-state index >= 15 is 0 Å². The molecule has 24 heavy (non-hydrogen) atoms. The van der Waals surface area contributed by atoms with Crippen molar-refractivity contribution in [3.8, 4) is 11.3 Å². The molecule has 5 heteroatoms. The minimum atomic E-state index is 0.769. The summed E-state index contributed by atoms with van der Waals surface area (Å²) < 4.78 is 0. The highest BCUT2D eigenvalue weighted by Crippen LogP contribution is 2.27. The van der Waals surface area contributed by atoms with Gasteiger partial charge in [-0.25, -0.2) is 4.98 Å². The van der Waals surface area contributed by atoms with E-state index in [4.69, 9.17) is 0 Å². The van der Waals surface area contributed by atoms with Crippen LogP contribution in [0.4, 0.5) is 11.5 Å². The fraction of sp³-hybridized carbons (Fsp3) is 0.0526. The Morgan fingerprint density at radius 3 is 2.62 bits per heavy atom. The zero-order valence-electron chi connectivity index (χ0n) is 13.1. The summed E-state index contributed by atoms with van der Waals surface area (Å²) in [5.74, 6) is 0.769. The first kappa shape index (κ1) is 14.3. The van der Waals surface area contributed by atoms with E-state index < -0.39 is 0 Å². The quantitative estimate of drug-likeness (QED) is 0.616. The monoisotopic (exact) mass is 313 g/mol. The van der Waals surface area contributed by atoms with Gasteiger partial charge in [-0.1, -0.05) is 0 Å². The first-order valence-corrected chi connectivity index (χ1v) is 7.64. The average molecular weight is 313 g/mol. The van der Waals surface area contributed by atoms with E-state index in [-0.39, 0.29) is 0 Å². The topological polar surface area (TPSA) is 63.6 Å². The molecule has 116 valence electrons. The molecule has 0 saturated carbocycles. The molecule has 0 aromatic carbocycles. The Bertz CT molecular complexity index is 999. The van der Waals surface area contributed by atoms with Gasteiger partial charge in [0.1, 0.15) is 5.82 Å². The molecule has 0 unspecified atom stereocenters. The van der Waals surface area contributed by atoms with Crippen LogP contribution in [0.3, 0.4) is 0 Å². The summed E-state index contributed by atoms with van der Waals surface area (Å²) in [6.07, 6.45) is 8.96. The van der Waals surface area contributed by atoms with Crippen LogP contribution in [-0.4, -0.2) is 19.9 Å². The summed E-state index contributed by atoms with van der Waals surface area (Å²) >= 11 is 0. The predicted octanol–water partition coefficient (Wildman–Crippen LogP) is 4.14. The molecule has 4 aromatic heterocycles. The number of aryl methyl sites for hydroxylation is 1. The maximum atomic E-state index is 4.60. The van der Waals surface area contributed by atoms with Crippen molar-refractivity contribution in [3.63, 3.8) is 0 Å². The fourth-order valence-electron chi connectivity index (χ4n) is 2.60. The van der Waals surface area contributed by atoms with Crippen molar-refractivity contribution < 1.29 is 0 Å². The largest absolute Gasteiger partial charge is 0.338 e. The molecular weight excluding hydrogens is 298 g/mol. The number of nitrogens with one attached hydrogen (secondary N) is 1. The first-order valence-electron chi connectivity index (χ1n) is 7.64. The molecule has 4 rings (SSSR count). The van der Waals surface area contributed by atoms with Crippen molar-refractivity contribution in [3.05, 3.63) is 73.1 Å². The van der Waals surface area contributed by atoms with Crippen LogP contribution in [0, 0.1) is 6.92 Å². The Hall–Kier alpha value is -3.34. The lowest BCUT2D eigenvalue weighted by Gasteiger charge is -2.09. The smallest absolute Gasteiger partial charge is 0.139 e. The molecule has 0 aliphatic carbocycles. The van der Waals surface area contributed by atoms with Crippen LogP contribution in [0.5, 0.6) is 0 Å². The average Bonchev–Trinajstić information content (AvgIpc) is 2.62. The molecule has 0 atom stereocenters. The standard InChI is InChI=1S/C19H15N5/c1-13-9-15(5-7-21-13)18-10-14-4-8-22-19(17(14)12-23-18)24-16-3-2-6-20-11-16/h2-12H,1H3,(H,22,24). The number of hydrogen-bond acceptors (Lipinski definition) is 5. The van der Waals surface area contributed by atoms with Gasteiger partial charge in [-0.3, -0.25) is 15.0 Å². The van der Waals surface area contributed by atoms with Crippen molar-refractivity contribution in [2.75, 3.05) is 5.32 Å². The fourth-order valence-corrected chi connectivity index (χ4v) is 2.60. The van der Waals surface area contributed by atoms with Crippen LogP contribution in [0.25, 0.3) is 22.0 Å². The van der Waals surface area contributed by atoms with Gasteiger partial charge in [0.25, 0.3) is 0 Å². The molecule has 4 aromatic rings. The summed E-state index contributed by atoms with van der Waals surface area (Å²) in [4.78, 5) is 17.4. The molecule has 1 N–H and O–H groups in total. The van der Waals surface area contributed by atoms with E-state index in [1.807, 2.05) is 43.5 Å². The summed E-state index contributed by atoms with van der Waals surface area (Å²) in [5.41, 5.74) is 3.85. The van der Waals surface area contributed by atoms with Gasteiger partial charge in [0.2, 0.25) is 0 Å². The van der Waals surface area contributed by atoms with Crippen LogP contribution >= 0.6 is 0 Å². The minimum Gasteiger partial charge on any atom is -0.338 e. The van der Waals surface area contributed by atoms with Crippen LogP contribution in [-0.2, 0) is 0 Å². The van der Waals surface area contributed by atoms with Crippen molar-refractivity contribution in [2.24, 2.45) is 0 Å². The van der Waals surface area contributed by atoms with Crippen LogP contribution in [0.1, 0.15) is 5.69 Å². The van der Waals surface area contributed by atoms with Crippen LogP contribution in [0.15, 0.2) is 67.4 Å². The summed E-state index contributed by atoms with van der Waals surface area (Å²) in [6.45, 7) is 1.98. The van der Waals surface area contributed by atoms with Gasteiger partial charge < -0.3 is 5.32 Å². The van der Waals surface area contributed by atoms with E-state index in [1.54, 1.807) is 24.8 Å². The lowest BCUT2D eigenvalue weighted by Crippen LogP contribution is -1.96. The summed E-state index contributed by atoms with van der Waals surface area (Å²) in [6, 6.07) is 11.9. The Morgan fingerprint density at radius 2 is 1.79 bits per heavy atom. The van der Waals surface area contributed by atoms with Crippen molar-refractivity contribution >= 4 is 22.3 Å². The molecule has 0 aliphatic heterocycles. The number of aromatic nitrogens is 4. The molecule has 5 nitrogen and oxygen atoms in total. The van der Waals surface area contributed by atoms with E-state index in [0.29, 0.717) is 0 Å². The Labute approximate surface area is 139 Å². The maximum Gasteiger partial charge on any atom is 0.139 e. The van der Waals surface area contributed by atoms with Gasteiger partial charge in [0, 0.05) is 41.4 Å². The lowest BCUT2D eigenvalue weighted by molar-refractivity contribution is 1.19. The second-order valence-electron chi connectivity index (χ2n) is 5.50.